The van der Waals surface area contributed by atoms with E-state index in [0.717, 1.165) is 0 Å². The van der Waals surface area contributed by atoms with E-state index in [0.29, 0.717) is 0 Å². The zero-order chi connectivity index (χ0) is 24.3. The number of alkyl halides is 17. The molecule has 0 fully saturated rings. The summed E-state index contributed by atoms with van der Waals surface area (Å²) in [5.41, 5.74) is 0. The van der Waals surface area contributed by atoms with Gasteiger partial charge in [0.1, 0.15) is 0 Å². The van der Waals surface area contributed by atoms with Crippen molar-refractivity contribution in [3.8, 4) is 0 Å². The van der Waals surface area contributed by atoms with Crippen molar-refractivity contribution in [2.75, 3.05) is 0 Å². The van der Waals surface area contributed by atoms with E-state index in [1.807, 2.05) is 0 Å². The fourth-order valence-electron chi connectivity index (χ4n) is 1.29. The molecule has 176 valence electrons. The van der Waals surface area contributed by atoms with E-state index < -0.39 is 59.2 Å². The fraction of sp³-hybridized carbons (Fsp3) is 1.00. The molecule has 0 heterocycles. The summed E-state index contributed by atoms with van der Waals surface area (Å²) < 4.78 is 236. The first kappa shape index (κ1) is 32.1. The molecule has 0 amide bonds. The Morgan fingerprint density at radius 3 is 0.967 bits per heavy atom. The predicted octanol–water partition coefficient (Wildman–Crippen LogP) is 1.77. The Morgan fingerprint density at radius 1 is 0.500 bits per heavy atom. The van der Waals surface area contributed by atoms with Crippen LogP contribution in [-0.2, 0) is 15.5 Å². The van der Waals surface area contributed by atoms with Gasteiger partial charge in [-0.05, 0) is 0 Å². The standard InChI is InChI=1S/C8HF17O3S.Na/c9-1(10,3(13,14)5(17,18)7(21,22)23)2(11,12)4(15,16)6(19,20)8(24,25)28-29(26)27;/h(H,26,27);/q;+1/p-1. The summed E-state index contributed by atoms with van der Waals surface area (Å²) in [5.74, 6) is -51.2. The summed E-state index contributed by atoms with van der Waals surface area (Å²) in [6.45, 7) is 0. The molecule has 0 N–H and O–H groups in total. The second-order valence-electron chi connectivity index (χ2n) is 4.75. The van der Waals surface area contributed by atoms with Crippen molar-refractivity contribution in [2.24, 2.45) is 0 Å². The normalized spacial score (nSPS) is 16.9. The molecule has 0 aromatic carbocycles. The van der Waals surface area contributed by atoms with Gasteiger partial charge in [0.15, 0.2) is 0 Å². The van der Waals surface area contributed by atoms with E-state index in [4.69, 9.17) is 0 Å². The van der Waals surface area contributed by atoms with Crippen LogP contribution in [0.1, 0.15) is 0 Å². The topological polar surface area (TPSA) is 49.4 Å². The predicted molar refractivity (Wildman–Crippen MR) is 50.7 cm³/mol. The Labute approximate surface area is 176 Å². The van der Waals surface area contributed by atoms with Crippen molar-refractivity contribution in [1.82, 2.24) is 0 Å². The average molecular weight is 522 g/mol. The second-order valence-corrected chi connectivity index (χ2v) is 5.32. The number of hydrogen-bond acceptors (Lipinski definition) is 3. The largest absolute Gasteiger partial charge is 1.00 e. The van der Waals surface area contributed by atoms with E-state index >= 15 is 0 Å². The van der Waals surface area contributed by atoms with Crippen molar-refractivity contribution in [1.29, 1.82) is 0 Å². The van der Waals surface area contributed by atoms with Gasteiger partial charge in [0.2, 0.25) is 0 Å². The SMILES string of the molecule is O=S([O-])OC(F)(F)C(F)(F)C(F)(F)C(F)(F)C(F)(F)C(F)(F)C(F)(F)C(F)(F)F.[Na+]. The zero-order valence-corrected chi connectivity index (χ0v) is 15.9. The van der Waals surface area contributed by atoms with E-state index in [-0.39, 0.29) is 29.6 Å². The van der Waals surface area contributed by atoms with Crippen LogP contribution in [0.15, 0.2) is 0 Å². The summed E-state index contributed by atoms with van der Waals surface area (Å²) in [5, 5.41) is 0. The maximum Gasteiger partial charge on any atom is 1.00 e. The van der Waals surface area contributed by atoms with Crippen molar-refractivity contribution in [3.05, 3.63) is 0 Å². The maximum absolute atomic E-state index is 13.1. The molecule has 0 aromatic rings. The second kappa shape index (κ2) is 8.34. The van der Waals surface area contributed by atoms with E-state index in [1.54, 1.807) is 4.18 Å². The number of hydrogen-bond donors (Lipinski definition) is 0. The molecular weight excluding hydrogens is 522 g/mol. The summed E-state index contributed by atoms with van der Waals surface area (Å²) >= 11 is -4.97. The minimum Gasteiger partial charge on any atom is -0.750 e. The first-order valence-corrected chi connectivity index (χ1v) is 6.67. The quantitative estimate of drug-likeness (QED) is 0.278. The van der Waals surface area contributed by atoms with Gasteiger partial charge in [-0.25, -0.2) is 8.39 Å². The summed E-state index contributed by atoms with van der Waals surface area (Å²) in [4.78, 5) is 0. The molecule has 0 aromatic heterocycles. The number of halogens is 17. The van der Waals surface area contributed by atoms with Crippen molar-refractivity contribution in [3.63, 3.8) is 0 Å². The molecule has 22 heteroatoms. The van der Waals surface area contributed by atoms with E-state index in [9.17, 15) is 83.4 Å². The first-order chi connectivity index (χ1) is 12.2. The van der Waals surface area contributed by atoms with Gasteiger partial charge in [0.25, 0.3) is 0 Å². The van der Waals surface area contributed by atoms with Crippen LogP contribution in [0.3, 0.4) is 0 Å². The Hall–Kier alpha value is -0.120. The van der Waals surface area contributed by atoms with Crippen LogP contribution in [0.2, 0.25) is 0 Å². The molecule has 0 radical (unpaired) electrons. The summed E-state index contributed by atoms with van der Waals surface area (Å²) in [7, 11) is 0. The maximum atomic E-state index is 13.1. The molecule has 0 rings (SSSR count). The molecule has 30 heavy (non-hydrogen) atoms. The van der Waals surface area contributed by atoms with Crippen LogP contribution in [0.25, 0.3) is 0 Å². The summed E-state index contributed by atoms with van der Waals surface area (Å²) in [6, 6.07) is 0. The molecule has 0 saturated heterocycles. The van der Waals surface area contributed by atoms with Gasteiger partial charge in [0.05, 0.1) is 11.4 Å². The zero-order valence-electron chi connectivity index (χ0n) is 13.1. The van der Waals surface area contributed by atoms with Crippen molar-refractivity contribution in [2.45, 2.75) is 47.8 Å². The molecule has 0 aliphatic rings. The third kappa shape index (κ3) is 4.37. The monoisotopic (exact) mass is 522 g/mol. The van der Waals surface area contributed by atoms with Crippen LogP contribution in [-0.4, -0.2) is 56.6 Å². The third-order valence-corrected chi connectivity index (χ3v) is 3.21. The average Bonchev–Trinajstić information content (AvgIpc) is 2.43. The van der Waals surface area contributed by atoms with E-state index in [2.05, 4.69) is 0 Å². The minimum atomic E-state index is -8.78. The Morgan fingerprint density at radius 2 is 0.733 bits per heavy atom. The Bertz CT molecular complexity index is 643. The first-order valence-electron chi connectivity index (χ1n) is 5.67. The smallest absolute Gasteiger partial charge is 0.750 e. The van der Waals surface area contributed by atoms with Crippen LogP contribution in [0.4, 0.5) is 74.6 Å². The molecule has 1 unspecified atom stereocenters. The minimum absolute atomic E-state index is 0. The molecule has 1 atom stereocenters. The van der Waals surface area contributed by atoms with Gasteiger partial charge in [0, 0.05) is 0 Å². The molecule has 3 nitrogen and oxygen atoms in total. The van der Waals surface area contributed by atoms with Crippen LogP contribution < -0.4 is 29.6 Å². The van der Waals surface area contributed by atoms with Gasteiger partial charge in [-0.2, -0.15) is 74.6 Å². The molecule has 0 aliphatic carbocycles. The van der Waals surface area contributed by atoms with Crippen LogP contribution in [0, 0.1) is 0 Å². The molecular formula is C8F17NaO3S. The number of rotatable bonds is 8. The van der Waals surface area contributed by atoms with Gasteiger partial charge >= 0.3 is 77.4 Å². The van der Waals surface area contributed by atoms with Gasteiger partial charge in [-0.15, -0.1) is 0 Å². The van der Waals surface area contributed by atoms with E-state index in [1.165, 1.54) is 0 Å². The third-order valence-electron chi connectivity index (χ3n) is 2.87. The Balaban J connectivity index is 0. The van der Waals surface area contributed by atoms with Gasteiger partial charge in [-0.3, -0.25) is 0 Å². The molecule has 0 aliphatic heterocycles. The summed E-state index contributed by atoms with van der Waals surface area (Å²) in [6.07, 6.45) is -15.2. The van der Waals surface area contributed by atoms with Crippen molar-refractivity contribution < 1.29 is 117 Å². The molecule has 0 saturated carbocycles. The van der Waals surface area contributed by atoms with Gasteiger partial charge in [-0.1, -0.05) is 0 Å². The van der Waals surface area contributed by atoms with Crippen LogP contribution in [0.5, 0.6) is 0 Å². The van der Waals surface area contributed by atoms with Crippen molar-refractivity contribution >= 4 is 11.4 Å². The molecule has 0 spiro atoms. The molecule has 0 bridgehead atoms. The fourth-order valence-corrected chi connectivity index (χ4v) is 1.56. The van der Waals surface area contributed by atoms with Gasteiger partial charge < -0.3 is 4.55 Å². The van der Waals surface area contributed by atoms with Crippen LogP contribution >= 0.6 is 0 Å². The Kier molecular flexibility index (Phi) is 8.91.